The van der Waals surface area contributed by atoms with Gasteiger partial charge in [0, 0.05) is 16.5 Å². The number of methoxy groups -OCH3 is 1. The fourth-order valence-corrected chi connectivity index (χ4v) is 4.52. The Morgan fingerprint density at radius 3 is 2.72 bits per heavy atom. The molecule has 0 radical (unpaired) electrons. The first-order valence-electron chi connectivity index (χ1n) is 10.1. The summed E-state index contributed by atoms with van der Waals surface area (Å²) in [6.07, 6.45) is 0. The van der Waals surface area contributed by atoms with Crippen molar-refractivity contribution < 1.29 is 14.3 Å². The molecule has 166 valence electrons. The average molecular weight is 471 g/mol. The minimum Gasteiger partial charge on any atom is -0.497 e. The highest BCUT2D eigenvalue weighted by atomic mass is 35.5. The molecule has 1 aliphatic rings. The number of nitrogens with zero attached hydrogens (tertiary/aromatic N) is 3. The van der Waals surface area contributed by atoms with E-state index >= 15 is 0 Å². The van der Waals surface area contributed by atoms with Crippen molar-refractivity contribution in [3.8, 4) is 5.75 Å². The van der Waals surface area contributed by atoms with Gasteiger partial charge in [-0.3, -0.25) is 0 Å². The number of hydrogen-bond acceptors (Lipinski definition) is 7. The summed E-state index contributed by atoms with van der Waals surface area (Å²) in [6, 6.07) is 14.8. The monoisotopic (exact) mass is 470 g/mol. The number of carbonyl (C=O) groups excluding carboxylic acids is 1. The SMILES string of the molecule is CCOC(=O)C1=C(C)Nc2nc(SCc3cccc(Cl)c3)nn2[C@H]1c1ccc(OC)cc1. The molecule has 9 heteroatoms. The van der Waals surface area contributed by atoms with E-state index in [2.05, 4.69) is 10.3 Å². The van der Waals surface area contributed by atoms with Crippen molar-refractivity contribution in [1.82, 2.24) is 14.8 Å². The molecule has 32 heavy (non-hydrogen) atoms. The van der Waals surface area contributed by atoms with Crippen LogP contribution in [0.1, 0.15) is 31.0 Å². The summed E-state index contributed by atoms with van der Waals surface area (Å²) < 4.78 is 12.4. The van der Waals surface area contributed by atoms with Gasteiger partial charge in [0.05, 0.1) is 19.3 Å². The van der Waals surface area contributed by atoms with Gasteiger partial charge in [-0.25, -0.2) is 9.48 Å². The van der Waals surface area contributed by atoms with Crippen LogP contribution in [-0.2, 0) is 15.3 Å². The van der Waals surface area contributed by atoms with Gasteiger partial charge >= 0.3 is 5.97 Å². The van der Waals surface area contributed by atoms with Gasteiger partial charge in [0.1, 0.15) is 11.8 Å². The van der Waals surface area contributed by atoms with Crippen LogP contribution >= 0.6 is 23.4 Å². The number of ether oxygens (including phenoxy) is 2. The Hall–Kier alpha value is -2.97. The minimum absolute atomic E-state index is 0.288. The summed E-state index contributed by atoms with van der Waals surface area (Å²) >= 11 is 7.60. The topological polar surface area (TPSA) is 78.3 Å². The highest BCUT2D eigenvalue weighted by Gasteiger charge is 2.35. The molecule has 7 nitrogen and oxygen atoms in total. The lowest BCUT2D eigenvalue weighted by molar-refractivity contribution is -0.139. The number of thioether (sulfide) groups is 1. The lowest BCUT2D eigenvalue weighted by Crippen LogP contribution is -2.29. The average Bonchev–Trinajstić information content (AvgIpc) is 3.19. The summed E-state index contributed by atoms with van der Waals surface area (Å²) in [4.78, 5) is 17.5. The van der Waals surface area contributed by atoms with E-state index in [-0.39, 0.29) is 12.6 Å². The quantitative estimate of drug-likeness (QED) is 0.381. The van der Waals surface area contributed by atoms with E-state index < -0.39 is 6.04 Å². The zero-order valence-corrected chi connectivity index (χ0v) is 19.5. The van der Waals surface area contributed by atoms with Gasteiger partial charge in [0.25, 0.3) is 0 Å². The van der Waals surface area contributed by atoms with Gasteiger partial charge in [-0.15, -0.1) is 5.10 Å². The minimum atomic E-state index is -0.468. The molecule has 1 aliphatic heterocycles. The van der Waals surface area contributed by atoms with E-state index in [1.165, 1.54) is 11.8 Å². The van der Waals surface area contributed by atoms with Gasteiger partial charge < -0.3 is 14.8 Å². The zero-order valence-electron chi connectivity index (χ0n) is 18.0. The number of hydrogen-bond donors (Lipinski definition) is 1. The Labute approximate surface area is 195 Å². The van der Waals surface area contributed by atoms with Crippen LogP contribution in [0.4, 0.5) is 5.95 Å². The molecule has 2 aromatic carbocycles. The van der Waals surface area contributed by atoms with Gasteiger partial charge in [0.2, 0.25) is 11.1 Å². The fraction of sp³-hybridized carbons (Fsp3) is 0.261. The molecule has 0 aliphatic carbocycles. The summed E-state index contributed by atoms with van der Waals surface area (Å²) in [6.45, 7) is 3.92. The number of halogens is 1. The van der Waals surface area contributed by atoms with Crippen molar-refractivity contribution >= 4 is 35.3 Å². The number of carbonyl (C=O) groups is 1. The Morgan fingerprint density at radius 2 is 2.03 bits per heavy atom. The van der Waals surface area contributed by atoms with Crippen LogP contribution in [0.25, 0.3) is 0 Å². The lowest BCUT2D eigenvalue weighted by Gasteiger charge is -2.28. The van der Waals surface area contributed by atoms with Crippen LogP contribution in [0, 0.1) is 0 Å². The molecule has 4 rings (SSSR count). The van der Waals surface area contributed by atoms with E-state index in [4.69, 9.17) is 26.2 Å². The number of fused-ring (bicyclic) bond motifs is 1. The highest BCUT2D eigenvalue weighted by molar-refractivity contribution is 7.98. The van der Waals surface area contributed by atoms with Gasteiger partial charge in [-0.05, 0) is 49.2 Å². The first-order chi connectivity index (χ1) is 15.5. The van der Waals surface area contributed by atoms with Crippen LogP contribution < -0.4 is 10.1 Å². The molecule has 3 aromatic rings. The van der Waals surface area contributed by atoms with Crippen molar-refractivity contribution in [1.29, 1.82) is 0 Å². The molecule has 0 unspecified atom stereocenters. The molecule has 1 atom stereocenters. The Balaban J connectivity index is 1.68. The summed E-state index contributed by atoms with van der Waals surface area (Å²) in [5.41, 5.74) is 3.15. The van der Waals surface area contributed by atoms with E-state index in [9.17, 15) is 4.79 Å². The maximum Gasteiger partial charge on any atom is 0.338 e. The summed E-state index contributed by atoms with van der Waals surface area (Å²) in [5, 5.41) is 9.22. The predicted molar refractivity (Wildman–Crippen MR) is 125 cm³/mol. The van der Waals surface area contributed by atoms with E-state index in [1.807, 2.05) is 55.5 Å². The van der Waals surface area contributed by atoms with Gasteiger partial charge in [-0.2, -0.15) is 4.98 Å². The van der Waals surface area contributed by atoms with Crippen LogP contribution in [-0.4, -0.2) is 34.5 Å². The highest BCUT2D eigenvalue weighted by Crippen LogP contribution is 2.37. The van der Waals surface area contributed by atoms with Crippen LogP contribution in [0.3, 0.4) is 0 Å². The number of aromatic nitrogens is 3. The summed E-state index contributed by atoms with van der Waals surface area (Å²) in [5.74, 6) is 1.60. The number of anilines is 1. The molecule has 0 saturated carbocycles. The third-order valence-electron chi connectivity index (χ3n) is 5.02. The lowest BCUT2D eigenvalue weighted by atomic mass is 9.96. The molecule has 2 heterocycles. The van der Waals surface area contributed by atoms with Crippen molar-refractivity contribution in [2.45, 2.75) is 30.8 Å². The van der Waals surface area contributed by atoms with Crippen molar-refractivity contribution in [2.75, 3.05) is 19.0 Å². The number of nitrogens with one attached hydrogen (secondary N) is 1. The smallest absolute Gasteiger partial charge is 0.338 e. The molecule has 0 saturated heterocycles. The van der Waals surface area contributed by atoms with Gasteiger partial charge in [-0.1, -0.05) is 47.6 Å². The third kappa shape index (κ3) is 4.61. The van der Waals surface area contributed by atoms with E-state index in [0.29, 0.717) is 33.2 Å². The second-order valence-electron chi connectivity index (χ2n) is 7.14. The maximum absolute atomic E-state index is 12.9. The molecular formula is C23H23ClN4O3S. The molecule has 0 spiro atoms. The van der Waals surface area contributed by atoms with Crippen molar-refractivity contribution in [3.05, 3.63) is 76.0 Å². The van der Waals surface area contributed by atoms with E-state index in [0.717, 1.165) is 16.9 Å². The molecule has 0 amide bonds. The normalized spacial score (nSPS) is 15.2. The molecule has 0 fully saturated rings. The third-order valence-corrected chi connectivity index (χ3v) is 6.16. The second-order valence-corrected chi connectivity index (χ2v) is 8.52. The number of rotatable bonds is 7. The first kappa shape index (κ1) is 22.2. The van der Waals surface area contributed by atoms with E-state index in [1.54, 1.807) is 18.7 Å². The molecule has 0 bridgehead atoms. The second kappa shape index (κ2) is 9.67. The predicted octanol–water partition coefficient (Wildman–Crippen LogP) is 5.08. The Bertz CT molecular complexity index is 1160. The maximum atomic E-state index is 12.9. The van der Waals surface area contributed by atoms with Crippen molar-refractivity contribution in [3.63, 3.8) is 0 Å². The molecule has 1 N–H and O–H groups in total. The van der Waals surface area contributed by atoms with Crippen LogP contribution in [0.2, 0.25) is 5.02 Å². The van der Waals surface area contributed by atoms with Gasteiger partial charge in [0.15, 0.2) is 0 Å². The number of allylic oxidation sites excluding steroid dienone is 1. The zero-order chi connectivity index (χ0) is 22.7. The Kier molecular flexibility index (Phi) is 6.72. The van der Waals surface area contributed by atoms with Crippen LogP contribution in [0.5, 0.6) is 5.75 Å². The van der Waals surface area contributed by atoms with Crippen LogP contribution in [0.15, 0.2) is 65.0 Å². The molecule has 1 aromatic heterocycles. The Morgan fingerprint density at radius 1 is 1.25 bits per heavy atom. The molecular weight excluding hydrogens is 448 g/mol. The summed E-state index contributed by atoms with van der Waals surface area (Å²) in [7, 11) is 1.62. The van der Waals surface area contributed by atoms with Crippen molar-refractivity contribution in [2.24, 2.45) is 0 Å². The number of esters is 1. The fourth-order valence-electron chi connectivity index (χ4n) is 3.53. The number of benzene rings is 2. The standard InChI is InChI=1S/C23H23ClN4O3S/c1-4-31-21(29)19-14(2)25-22-26-23(32-13-15-6-5-7-17(24)12-15)27-28(22)20(19)16-8-10-18(30-3)11-9-16/h5-12,20H,4,13H2,1-3H3,(H,25,26,27)/t20-/m0/s1. The first-order valence-corrected chi connectivity index (χ1v) is 11.5. The largest absolute Gasteiger partial charge is 0.497 e.